The Balaban J connectivity index is 1.91. The molecule has 5 nitrogen and oxygen atoms in total. The number of aromatic nitrogens is 4. The van der Waals surface area contributed by atoms with E-state index in [1.54, 1.807) is 6.20 Å². The predicted molar refractivity (Wildman–Crippen MR) is 78.6 cm³/mol. The lowest BCUT2D eigenvalue weighted by Gasteiger charge is -2.08. The number of para-hydroxylation sites is 1. The Morgan fingerprint density at radius 1 is 1.10 bits per heavy atom. The van der Waals surface area contributed by atoms with Crippen LogP contribution in [0.2, 0.25) is 0 Å². The van der Waals surface area contributed by atoms with Crippen molar-refractivity contribution in [3.63, 3.8) is 0 Å². The molecule has 0 bridgehead atoms. The van der Waals surface area contributed by atoms with Crippen LogP contribution < -0.4 is 0 Å². The van der Waals surface area contributed by atoms with Crippen molar-refractivity contribution >= 4 is 10.9 Å². The first-order valence-corrected chi connectivity index (χ1v) is 6.65. The van der Waals surface area contributed by atoms with Crippen LogP contribution in [0.5, 0.6) is 0 Å². The van der Waals surface area contributed by atoms with Crippen molar-refractivity contribution in [1.82, 2.24) is 19.7 Å². The molecular weight excluding hydrogens is 264 g/mol. The summed E-state index contributed by atoms with van der Waals surface area (Å²) < 4.78 is 7.54. The number of nitrogens with zero attached hydrogens (tertiary/aromatic N) is 4. The Morgan fingerprint density at radius 2 is 2.05 bits per heavy atom. The van der Waals surface area contributed by atoms with E-state index in [0.717, 1.165) is 22.2 Å². The summed E-state index contributed by atoms with van der Waals surface area (Å²) in [7, 11) is 0. The Morgan fingerprint density at radius 3 is 2.86 bits per heavy atom. The molecular formula is C16H12N4O. The summed E-state index contributed by atoms with van der Waals surface area (Å²) in [4.78, 5) is 4.17. The standard InChI is InChI=1S/C16H12N4O/c1-2-6-14-13(5-1)8-15(16-19-18-11-21-16)20(14)10-12-4-3-7-17-9-12/h1-9,11H,10H2. The fourth-order valence-electron chi connectivity index (χ4n) is 2.52. The maximum absolute atomic E-state index is 5.37. The molecule has 102 valence electrons. The lowest BCUT2D eigenvalue weighted by Crippen LogP contribution is -2.02. The summed E-state index contributed by atoms with van der Waals surface area (Å²) in [5.74, 6) is 0.523. The molecule has 4 rings (SSSR count). The molecule has 0 spiro atoms. The molecule has 4 aromatic rings. The van der Waals surface area contributed by atoms with Gasteiger partial charge in [-0.25, -0.2) is 0 Å². The van der Waals surface area contributed by atoms with Crippen LogP contribution in [-0.2, 0) is 6.54 Å². The van der Waals surface area contributed by atoms with Gasteiger partial charge in [0.15, 0.2) is 0 Å². The number of fused-ring (bicyclic) bond motifs is 1. The zero-order valence-electron chi connectivity index (χ0n) is 11.2. The maximum Gasteiger partial charge on any atom is 0.264 e. The highest BCUT2D eigenvalue weighted by atomic mass is 16.4. The van der Waals surface area contributed by atoms with Gasteiger partial charge >= 0.3 is 0 Å². The highest BCUT2D eigenvalue weighted by Gasteiger charge is 2.14. The molecule has 0 radical (unpaired) electrons. The van der Waals surface area contributed by atoms with Crippen molar-refractivity contribution in [2.75, 3.05) is 0 Å². The summed E-state index contributed by atoms with van der Waals surface area (Å²) in [5.41, 5.74) is 3.17. The van der Waals surface area contributed by atoms with E-state index >= 15 is 0 Å². The molecule has 0 saturated carbocycles. The molecule has 0 atom stereocenters. The van der Waals surface area contributed by atoms with Gasteiger partial charge in [-0.2, -0.15) is 0 Å². The smallest absolute Gasteiger partial charge is 0.264 e. The molecule has 0 fully saturated rings. The van der Waals surface area contributed by atoms with Gasteiger partial charge in [0.1, 0.15) is 5.69 Å². The SMILES string of the molecule is c1cncc(Cn2c(-c3nnco3)cc3ccccc32)c1. The van der Waals surface area contributed by atoms with Crippen molar-refractivity contribution in [3.05, 3.63) is 66.8 Å². The minimum absolute atomic E-state index is 0.523. The summed E-state index contributed by atoms with van der Waals surface area (Å²) in [6, 6.07) is 14.3. The van der Waals surface area contributed by atoms with E-state index < -0.39 is 0 Å². The summed E-state index contributed by atoms with van der Waals surface area (Å²) in [6.45, 7) is 0.707. The Labute approximate surface area is 120 Å². The van der Waals surface area contributed by atoms with Gasteiger partial charge in [-0.15, -0.1) is 10.2 Å². The second-order valence-electron chi connectivity index (χ2n) is 4.78. The third kappa shape index (κ3) is 2.08. The first-order chi connectivity index (χ1) is 10.4. The largest absolute Gasteiger partial charge is 0.422 e. The normalized spacial score (nSPS) is 11.0. The van der Waals surface area contributed by atoms with Crippen molar-refractivity contribution in [1.29, 1.82) is 0 Å². The zero-order valence-corrected chi connectivity index (χ0v) is 11.2. The molecule has 0 amide bonds. The fourth-order valence-corrected chi connectivity index (χ4v) is 2.52. The molecule has 0 unspecified atom stereocenters. The average Bonchev–Trinajstić information content (AvgIpc) is 3.16. The van der Waals surface area contributed by atoms with E-state index in [4.69, 9.17) is 4.42 Å². The second-order valence-corrected chi connectivity index (χ2v) is 4.78. The Hall–Kier alpha value is -2.95. The number of pyridine rings is 1. The van der Waals surface area contributed by atoms with Crippen molar-refractivity contribution in [3.8, 4) is 11.6 Å². The van der Waals surface area contributed by atoms with Crippen LogP contribution in [0.3, 0.4) is 0 Å². The quantitative estimate of drug-likeness (QED) is 0.577. The van der Waals surface area contributed by atoms with E-state index in [-0.39, 0.29) is 0 Å². The molecule has 21 heavy (non-hydrogen) atoms. The van der Waals surface area contributed by atoms with Gasteiger partial charge < -0.3 is 8.98 Å². The average molecular weight is 276 g/mol. The van der Waals surface area contributed by atoms with Gasteiger partial charge in [0, 0.05) is 29.8 Å². The van der Waals surface area contributed by atoms with Gasteiger partial charge in [-0.1, -0.05) is 24.3 Å². The van der Waals surface area contributed by atoms with Gasteiger partial charge in [0.25, 0.3) is 5.89 Å². The minimum Gasteiger partial charge on any atom is -0.422 e. The number of benzene rings is 1. The Bertz CT molecular complexity index is 866. The van der Waals surface area contributed by atoms with E-state index in [2.05, 4.69) is 44.0 Å². The van der Waals surface area contributed by atoms with Crippen LogP contribution in [-0.4, -0.2) is 19.7 Å². The van der Waals surface area contributed by atoms with E-state index in [9.17, 15) is 0 Å². The highest BCUT2D eigenvalue weighted by molar-refractivity contribution is 5.85. The van der Waals surface area contributed by atoms with Crippen LogP contribution >= 0.6 is 0 Å². The Kier molecular flexibility index (Phi) is 2.74. The highest BCUT2D eigenvalue weighted by Crippen LogP contribution is 2.27. The fraction of sp³-hybridized carbons (Fsp3) is 0.0625. The van der Waals surface area contributed by atoms with E-state index in [1.807, 2.05) is 24.4 Å². The maximum atomic E-state index is 5.37. The molecule has 0 aliphatic heterocycles. The lowest BCUT2D eigenvalue weighted by atomic mass is 10.2. The van der Waals surface area contributed by atoms with Gasteiger partial charge in [0.2, 0.25) is 6.39 Å². The minimum atomic E-state index is 0.523. The van der Waals surface area contributed by atoms with E-state index in [0.29, 0.717) is 12.4 Å². The molecule has 5 heteroatoms. The van der Waals surface area contributed by atoms with Crippen molar-refractivity contribution in [2.24, 2.45) is 0 Å². The van der Waals surface area contributed by atoms with Gasteiger partial charge in [-0.3, -0.25) is 4.98 Å². The number of hydrogen-bond donors (Lipinski definition) is 0. The molecule has 3 heterocycles. The number of hydrogen-bond acceptors (Lipinski definition) is 4. The molecule has 0 N–H and O–H groups in total. The van der Waals surface area contributed by atoms with Gasteiger partial charge in [0.05, 0.1) is 0 Å². The number of rotatable bonds is 3. The third-order valence-corrected chi connectivity index (χ3v) is 3.45. The molecule has 1 aromatic carbocycles. The van der Waals surface area contributed by atoms with Crippen molar-refractivity contribution in [2.45, 2.75) is 6.54 Å². The molecule has 0 aliphatic carbocycles. The topological polar surface area (TPSA) is 56.7 Å². The molecule has 3 aromatic heterocycles. The van der Waals surface area contributed by atoms with Crippen LogP contribution in [0.1, 0.15) is 5.56 Å². The monoisotopic (exact) mass is 276 g/mol. The van der Waals surface area contributed by atoms with Crippen LogP contribution in [0, 0.1) is 0 Å². The first-order valence-electron chi connectivity index (χ1n) is 6.65. The third-order valence-electron chi connectivity index (χ3n) is 3.45. The van der Waals surface area contributed by atoms with Crippen LogP contribution in [0.4, 0.5) is 0 Å². The lowest BCUT2D eigenvalue weighted by molar-refractivity contribution is 0.562. The summed E-state index contributed by atoms with van der Waals surface area (Å²) in [6.07, 6.45) is 4.99. The first kappa shape index (κ1) is 11.8. The van der Waals surface area contributed by atoms with Crippen LogP contribution in [0.25, 0.3) is 22.5 Å². The van der Waals surface area contributed by atoms with Crippen LogP contribution in [0.15, 0.2) is 65.7 Å². The second kappa shape index (κ2) is 4.86. The van der Waals surface area contributed by atoms with E-state index in [1.165, 1.54) is 6.39 Å². The molecule has 0 saturated heterocycles. The predicted octanol–water partition coefficient (Wildman–Crippen LogP) is 3.13. The summed E-state index contributed by atoms with van der Waals surface area (Å²) >= 11 is 0. The van der Waals surface area contributed by atoms with Crippen molar-refractivity contribution < 1.29 is 4.42 Å². The van der Waals surface area contributed by atoms with Gasteiger partial charge in [-0.05, 0) is 23.8 Å². The summed E-state index contributed by atoms with van der Waals surface area (Å²) in [5, 5.41) is 8.95. The molecule has 0 aliphatic rings. The zero-order chi connectivity index (χ0) is 14.1.